The number of carbonyl (C=O) groups excluding carboxylic acids is 2. The number of urea groups is 1. The van der Waals surface area contributed by atoms with Gasteiger partial charge in [0.25, 0.3) is 5.91 Å². The third-order valence-corrected chi connectivity index (χ3v) is 6.40. The molecule has 0 radical (unpaired) electrons. The quantitative estimate of drug-likeness (QED) is 0.638. The molecular weight excluding hydrogens is 368 g/mol. The van der Waals surface area contributed by atoms with Crippen molar-refractivity contribution in [2.45, 2.75) is 49.5 Å². The molecule has 1 fully saturated rings. The van der Waals surface area contributed by atoms with Crippen molar-refractivity contribution in [2.24, 2.45) is 0 Å². The number of amides is 3. The summed E-state index contributed by atoms with van der Waals surface area (Å²) in [4.78, 5) is 26.6. The molecule has 26 heavy (non-hydrogen) atoms. The Balaban J connectivity index is 1.84. The highest BCUT2D eigenvalue weighted by molar-refractivity contribution is 8.00. The van der Waals surface area contributed by atoms with E-state index in [-0.39, 0.29) is 17.9 Å². The summed E-state index contributed by atoms with van der Waals surface area (Å²) >= 11 is 2.88. The Hall–Kier alpha value is -1.93. The summed E-state index contributed by atoms with van der Waals surface area (Å²) in [6.07, 6.45) is 1.91. The van der Waals surface area contributed by atoms with Crippen LogP contribution < -0.4 is 5.32 Å². The third-order valence-electron chi connectivity index (χ3n) is 4.52. The summed E-state index contributed by atoms with van der Waals surface area (Å²) in [5, 5.41) is 11.5. The number of nitrogens with one attached hydrogen (secondary N) is 1. The number of rotatable bonds is 4. The lowest BCUT2D eigenvalue weighted by molar-refractivity contribution is -0.131. The normalized spacial score (nSPS) is 20.6. The first-order valence-corrected chi connectivity index (χ1v) is 10.3. The van der Waals surface area contributed by atoms with Crippen molar-refractivity contribution in [2.75, 3.05) is 6.26 Å². The zero-order valence-corrected chi connectivity index (χ0v) is 17.1. The van der Waals surface area contributed by atoms with Gasteiger partial charge in [0.05, 0.1) is 6.54 Å². The first-order valence-electron chi connectivity index (χ1n) is 8.26. The van der Waals surface area contributed by atoms with Gasteiger partial charge in [-0.3, -0.25) is 9.69 Å². The summed E-state index contributed by atoms with van der Waals surface area (Å²) in [6.45, 7) is 8.29. The number of hydrogen-bond donors (Lipinski definition) is 1. The van der Waals surface area contributed by atoms with Crippen LogP contribution in [0.2, 0.25) is 0 Å². The number of aromatic nitrogens is 2. The van der Waals surface area contributed by atoms with E-state index < -0.39 is 11.6 Å². The molecule has 1 saturated heterocycles. The van der Waals surface area contributed by atoms with Gasteiger partial charge in [0, 0.05) is 0 Å². The van der Waals surface area contributed by atoms with Crippen molar-refractivity contribution in [1.29, 1.82) is 0 Å². The molecule has 1 aliphatic rings. The molecule has 1 aliphatic heterocycles. The molecule has 0 unspecified atom stereocenters. The Morgan fingerprint density at radius 2 is 1.85 bits per heavy atom. The predicted molar refractivity (Wildman–Crippen MR) is 103 cm³/mol. The van der Waals surface area contributed by atoms with Gasteiger partial charge in [-0.25, -0.2) is 4.79 Å². The zero-order chi connectivity index (χ0) is 19.1. The molecule has 2 heterocycles. The van der Waals surface area contributed by atoms with E-state index in [4.69, 9.17) is 0 Å². The third kappa shape index (κ3) is 3.35. The van der Waals surface area contributed by atoms with Gasteiger partial charge in [0.15, 0.2) is 4.34 Å². The van der Waals surface area contributed by atoms with E-state index >= 15 is 0 Å². The average Bonchev–Trinajstić information content (AvgIpc) is 3.13. The van der Waals surface area contributed by atoms with Crippen LogP contribution in [-0.2, 0) is 22.3 Å². The molecule has 6 nitrogen and oxygen atoms in total. The molecule has 138 valence electrons. The maximum Gasteiger partial charge on any atom is 0.325 e. The number of hydrogen-bond acceptors (Lipinski definition) is 6. The van der Waals surface area contributed by atoms with Gasteiger partial charge >= 0.3 is 6.03 Å². The minimum atomic E-state index is -1.07. The molecule has 1 aromatic heterocycles. The second-order valence-electron chi connectivity index (χ2n) is 7.44. The summed E-state index contributed by atoms with van der Waals surface area (Å²) in [5.74, 6) is -0.271. The SMILES string of the molecule is CSc1nnc(CN2C(=O)N[C@](C)(c3ccc(C(C)(C)C)cc3)C2=O)s1. The Morgan fingerprint density at radius 3 is 2.38 bits per heavy atom. The number of nitrogens with zero attached hydrogens (tertiary/aromatic N) is 3. The lowest BCUT2D eigenvalue weighted by Gasteiger charge is -2.24. The lowest BCUT2D eigenvalue weighted by Crippen LogP contribution is -2.40. The second-order valence-corrected chi connectivity index (χ2v) is 9.56. The molecular formula is C18H22N4O2S2. The van der Waals surface area contributed by atoms with Crippen molar-refractivity contribution in [3.63, 3.8) is 0 Å². The second kappa shape index (κ2) is 6.66. The fourth-order valence-corrected chi connectivity index (χ4v) is 4.16. The van der Waals surface area contributed by atoms with Crippen LogP contribution in [0.3, 0.4) is 0 Å². The number of imide groups is 1. The highest BCUT2D eigenvalue weighted by Gasteiger charge is 2.49. The lowest BCUT2D eigenvalue weighted by atomic mass is 9.84. The molecule has 2 aromatic rings. The fourth-order valence-electron chi connectivity index (χ4n) is 2.86. The highest BCUT2D eigenvalue weighted by atomic mass is 32.2. The van der Waals surface area contributed by atoms with Crippen molar-refractivity contribution >= 4 is 35.0 Å². The maximum absolute atomic E-state index is 13.0. The molecule has 0 bridgehead atoms. The molecule has 3 rings (SSSR count). The first kappa shape index (κ1) is 18.8. The van der Waals surface area contributed by atoms with E-state index in [1.165, 1.54) is 33.6 Å². The van der Waals surface area contributed by atoms with E-state index in [1.807, 2.05) is 30.5 Å². The van der Waals surface area contributed by atoms with Gasteiger partial charge in [-0.2, -0.15) is 0 Å². The molecule has 1 N–H and O–H groups in total. The van der Waals surface area contributed by atoms with E-state index in [1.54, 1.807) is 6.92 Å². The van der Waals surface area contributed by atoms with E-state index in [9.17, 15) is 9.59 Å². The summed E-state index contributed by atoms with van der Waals surface area (Å²) in [5.41, 5.74) is 0.909. The van der Waals surface area contributed by atoms with Gasteiger partial charge in [0.1, 0.15) is 10.5 Å². The standard InChI is InChI=1S/C18H22N4O2S2/c1-17(2,3)11-6-8-12(9-7-11)18(4)14(23)22(15(24)19-18)10-13-20-21-16(25-5)26-13/h6-9H,10H2,1-5H3,(H,19,24)/t18-/m1/s1. The molecule has 1 aromatic carbocycles. The van der Waals surface area contributed by atoms with Crippen molar-refractivity contribution in [3.05, 3.63) is 40.4 Å². The van der Waals surface area contributed by atoms with Gasteiger partial charge in [-0.05, 0) is 29.7 Å². The van der Waals surface area contributed by atoms with Crippen LogP contribution in [0.4, 0.5) is 4.79 Å². The monoisotopic (exact) mass is 390 g/mol. The average molecular weight is 391 g/mol. The Bertz CT molecular complexity index is 842. The minimum absolute atomic E-state index is 0.0290. The van der Waals surface area contributed by atoms with Crippen molar-refractivity contribution in [3.8, 4) is 0 Å². The highest BCUT2D eigenvalue weighted by Crippen LogP contribution is 2.32. The van der Waals surface area contributed by atoms with Gasteiger partial charge in [0.2, 0.25) is 0 Å². The topological polar surface area (TPSA) is 75.2 Å². The van der Waals surface area contributed by atoms with Crippen LogP contribution >= 0.6 is 23.1 Å². The molecule has 8 heteroatoms. The van der Waals surface area contributed by atoms with Crippen LogP contribution in [0.5, 0.6) is 0 Å². The smallest absolute Gasteiger partial charge is 0.319 e. The number of thioether (sulfide) groups is 1. The molecule has 0 aliphatic carbocycles. The molecule has 0 saturated carbocycles. The van der Waals surface area contributed by atoms with Gasteiger partial charge in [-0.1, -0.05) is 68.1 Å². The van der Waals surface area contributed by atoms with E-state index in [0.29, 0.717) is 5.01 Å². The zero-order valence-electron chi connectivity index (χ0n) is 15.5. The Labute approximate surface area is 161 Å². The molecule has 0 spiro atoms. The largest absolute Gasteiger partial charge is 0.325 e. The Morgan fingerprint density at radius 1 is 1.19 bits per heavy atom. The minimum Gasteiger partial charge on any atom is -0.319 e. The van der Waals surface area contributed by atoms with Crippen molar-refractivity contribution in [1.82, 2.24) is 20.4 Å². The van der Waals surface area contributed by atoms with Crippen LogP contribution in [0.1, 0.15) is 43.8 Å². The molecule has 1 atom stereocenters. The first-order chi connectivity index (χ1) is 12.1. The van der Waals surface area contributed by atoms with Gasteiger partial charge in [-0.15, -0.1) is 10.2 Å². The summed E-state index contributed by atoms with van der Waals surface area (Å²) in [7, 11) is 0. The predicted octanol–water partition coefficient (Wildman–Crippen LogP) is 3.52. The summed E-state index contributed by atoms with van der Waals surface area (Å²) < 4.78 is 0.813. The number of carbonyl (C=O) groups is 2. The van der Waals surface area contributed by atoms with Gasteiger partial charge < -0.3 is 5.32 Å². The maximum atomic E-state index is 13.0. The molecule has 3 amide bonds. The van der Waals surface area contributed by atoms with Crippen LogP contribution in [0.15, 0.2) is 28.6 Å². The number of benzene rings is 1. The van der Waals surface area contributed by atoms with Crippen molar-refractivity contribution < 1.29 is 9.59 Å². The van der Waals surface area contributed by atoms with E-state index in [2.05, 4.69) is 36.3 Å². The van der Waals surface area contributed by atoms with E-state index in [0.717, 1.165) is 9.90 Å². The Kier molecular flexibility index (Phi) is 4.83. The van der Waals surface area contributed by atoms with Crippen LogP contribution in [0.25, 0.3) is 0 Å². The van der Waals surface area contributed by atoms with Crippen LogP contribution in [-0.4, -0.2) is 33.3 Å². The fraction of sp³-hybridized carbons (Fsp3) is 0.444. The summed E-state index contributed by atoms with van der Waals surface area (Å²) in [6, 6.07) is 7.45. The van der Waals surface area contributed by atoms with Crippen LogP contribution in [0, 0.1) is 0 Å².